The second-order valence-corrected chi connectivity index (χ2v) is 12.5. The molecule has 0 fully saturated rings. The molecule has 0 aromatic heterocycles. The van der Waals surface area contributed by atoms with Gasteiger partial charge in [0.15, 0.2) is 0 Å². The van der Waals surface area contributed by atoms with E-state index >= 15 is 0 Å². The fourth-order valence-electron chi connectivity index (χ4n) is 6.56. The Hall–Kier alpha value is -6.02. The van der Waals surface area contributed by atoms with Crippen molar-refractivity contribution in [1.29, 1.82) is 0 Å². The number of fused-ring (bicyclic) bond motifs is 3. The van der Waals surface area contributed by atoms with Crippen LogP contribution >= 0.6 is 0 Å². The van der Waals surface area contributed by atoms with Crippen LogP contribution in [-0.2, 0) is 19.8 Å². The summed E-state index contributed by atoms with van der Waals surface area (Å²) in [6, 6.07) is 70.0. The predicted octanol–water partition coefficient (Wildman–Crippen LogP) is 11.1. The summed E-state index contributed by atoms with van der Waals surface area (Å²) in [6.07, 6.45) is 0. The van der Waals surface area contributed by atoms with Crippen molar-refractivity contribution < 1.29 is 19.8 Å². The van der Waals surface area contributed by atoms with Gasteiger partial charge in [-0.2, -0.15) is 141 Å². The van der Waals surface area contributed by atoms with Gasteiger partial charge in [0.1, 0.15) is 0 Å². The van der Waals surface area contributed by atoms with E-state index in [-0.39, 0.29) is 19.8 Å². The molecule has 0 amide bonds. The fraction of sp³-hybridized carbons (Fsp3) is 0.0426. The van der Waals surface area contributed by atoms with Gasteiger partial charge >= 0.3 is 19.8 Å². The molecule has 0 atom stereocenters. The molecule has 0 saturated heterocycles. The van der Waals surface area contributed by atoms with Gasteiger partial charge in [-0.3, -0.25) is 0 Å². The Bertz CT molecular complexity index is 2080. The third kappa shape index (κ3) is 7.55. The van der Waals surface area contributed by atoms with E-state index in [4.69, 9.17) is 0 Å². The molecular formula is C47H37N6Os. The molecule has 54 heavy (non-hydrogen) atoms. The minimum absolute atomic E-state index is 0. The summed E-state index contributed by atoms with van der Waals surface area (Å²) in [5, 5.41) is 0. The van der Waals surface area contributed by atoms with Crippen molar-refractivity contribution in [2.24, 2.45) is 0 Å². The molecule has 1 radical (unpaired) electrons. The smallest absolute Gasteiger partial charge is 0.526 e. The van der Waals surface area contributed by atoms with Crippen LogP contribution < -0.4 is 29.4 Å². The summed E-state index contributed by atoms with van der Waals surface area (Å²) in [6.45, 7) is 6.26. The van der Waals surface area contributed by atoms with Crippen molar-refractivity contribution in [3.63, 3.8) is 0 Å². The number of hydrogen-bond acceptors (Lipinski definition) is 6. The zero-order valence-electron chi connectivity index (χ0n) is 29.9. The van der Waals surface area contributed by atoms with E-state index in [1.54, 1.807) is 0 Å². The average Bonchev–Trinajstić information content (AvgIpc) is 3.91. The fourth-order valence-corrected chi connectivity index (χ4v) is 6.56. The number of hydrogen-bond donors (Lipinski definition) is 0. The molecule has 0 aliphatic carbocycles. The first-order valence-corrected chi connectivity index (χ1v) is 17.5. The summed E-state index contributed by atoms with van der Waals surface area (Å²) in [5.41, 5.74) is 11.4. The summed E-state index contributed by atoms with van der Waals surface area (Å²) in [4.78, 5) is 12.9. The molecule has 3 aliphatic rings. The van der Waals surface area contributed by atoms with Crippen LogP contribution in [-0.4, -0.2) is 14.1 Å². The van der Waals surface area contributed by atoms with Gasteiger partial charge in [0.05, 0.1) is 0 Å². The standard InChI is InChI=1S/C19H13N2.2C14H12N2.Os/c1-3-9-16(10-4-1)20-15-21(17-11-5-2-6-12-17)19-14-8-7-13-18(19)20;2*1-15-11-16(12-7-3-2-4-8-12)14-10-6-5-9-13(14)15;/h1-5,7-9,11-15H;2*2-7,9-11H,1H3;/q-3;2*-2;+7. The van der Waals surface area contributed by atoms with Crippen LogP contribution in [0, 0.1) is 44.3 Å². The van der Waals surface area contributed by atoms with Crippen LogP contribution in [0.5, 0.6) is 0 Å². The number of para-hydroxylation sites is 9. The zero-order chi connectivity index (χ0) is 36.0. The SMILES string of the molecule is CN1[CH-]N(c2[c-]cccc2)c2ccccc21.CN1[CH-]N(c2[c-]cccc2)c2ccccc21.[Os+7].[c-]1cccc(N2[CH-]N(c3[c-]cccc3)c3ccccc32)c1. The molecule has 0 bridgehead atoms. The molecule has 3 heterocycles. The zero-order valence-corrected chi connectivity index (χ0v) is 32.5. The van der Waals surface area contributed by atoms with Crippen molar-refractivity contribution in [2.75, 3.05) is 43.5 Å². The van der Waals surface area contributed by atoms with E-state index in [2.05, 4.69) is 185 Å². The van der Waals surface area contributed by atoms with Gasteiger partial charge in [-0.15, -0.1) is 17.1 Å². The Kier molecular flexibility index (Phi) is 11.3. The molecule has 0 N–H and O–H groups in total. The van der Waals surface area contributed by atoms with Gasteiger partial charge in [0.2, 0.25) is 0 Å². The predicted molar refractivity (Wildman–Crippen MR) is 219 cm³/mol. The molecule has 7 heteroatoms. The normalized spacial score (nSPS) is 13.5. The number of anilines is 10. The largest absolute Gasteiger partial charge is 7.00 e. The van der Waals surface area contributed by atoms with Crippen molar-refractivity contribution in [3.05, 3.63) is 214 Å². The van der Waals surface area contributed by atoms with Crippen molar-refractivity contribution in [2.45, 2.75) is 0 Å². The third-order valence-corrected chi connectivity index (χ3v) is 9.08. The topological polar surface area (TPSA) is 19.4 Å². The summed E-state index contributed by atoms with van der Waals surface area (Å²) < 4.78 is 0. The maximum atomic E-state index is 3.28. The van der Waals surface area contributed by atoms with E-state index in [1.807, 2.05) is 72.8 Å². The van der Waals surface area contributed by atoms with Gasteiger partial charge < -0.3 is 29.4 Å². The first kappa shape index (κ1) is 36.3. The minimum atomic E-state index is 0. The number of rotatable bonds is 4. The van der Waals surface area contributed by atoms with Gasteiger partial charge in [-0.05, 0) is 50.5 Å². The maximum Gasteiger partial charge on any atom is 7.00 e. The molecule has 0 saturated carbocycles. The first-order valence-electron chi connectivity index (χ1n) is 17.5. The van der Waals surface area contributed by atoms with Crippen LogP contribution in [0.25, 0.3) is 0 Å². The molecule has 10 rings (SSSR count). The third-order valence-electron chi connectivity index (χ3n) is 9.08. The first-order chi connectivity index (χ1) is 26.2. The monoisotopic (exact) mass is 877 g/mol. The maximum absolute atomic E-state index is 3.28. The second kappa shape index (κ2) is 16.8. The molecule has 3 aliphatic heterocycles. The second-order valence-electron chi connectivity index (χ2n) is 12.5. The van der Waals surface area contributed by atoms with Gasteiger partial charge in [-0.1, -0.05) is 42.1 Å². The van der Waals surface area contributed by atoms with E-state index in [9.17, 15) is 0 Å². The molecule has 0 spiro atoms. The average molecular weight is 876 g/mol. The van der Waals surface area contributed by atoms with E-state index in [0.29, 0.717) is 0 Å². The van der Waals surface area contributed by atoms with E-state index < -0.39 is 0 Å². The van der Waals surface area contributed by atoms with Crippen LogP contribution in [0.3, 0.4) is 0 Å². The Labute approximate surface area is 332 Å². The Morgan fingerprint density at radius 1 is 0.370 bits per heavy atom. The summed E-state index contributed by atoms with van der Waals surface area (Å²) >= 11 is 0. The quantitative estimate of drug-likeness (QED) is 0.163. The molecule has 0 unspecified atom stereocenters. The van der Waals surface area contributed by atoms with Crippen LogP contribution in [0.1, 0.15) is 0 Å². The minimum Gasteiger partial charge on any atom is -0.526 e. The summed E-state index contributed by atoms with van der Waals surface area (Å²) in [7, 11) is 4.11. The van der Waals surface area contributed by atoms with E-state index in [1.165, 1.54) is 22.7 Å². The van der Waals surface area contributed by atoms with E-state index in [0.717, 1.165) is 34.1 Å². The number of benzene rings is 7. The Balaban J connectivity index is 0.000000126. The van der Waals surface area contributed by atoms with Gasteiger partial charge in [0, 0.05) is 34.1 Å². The number of nitrogens with zero attached hydrogens (tertiary/aromatic N) is 6. The summed E-state index contributed by atoms with van der Waals surface area (Å²) in [5.74, 6) is 0. The van der Waals surface area contributed by atoms with Crippen molar-refractivity contribution >= 4 is 56.9 Å². The molecule has 7 aromatic carbocycles. The molecule has 7 aromatic rings. The molecule has 6 nitrogen and oxygen atoms in total. The van der Waals surface area contributed by atoms with Crippen molar-refractivity contribution in [1.82, 2.24) is 0 Å². The van der Waals surface area contributed by atoms with Gasteiger partial charge in [0.25, 0.3) is 0 Å². The van der Waals surface area contributed by atoms with Crippen LogP contribution in [0.2, 0.25) is 0 Å². The Morgan fingerprint density at radius 2 is 0.741 bits per heavy atom. The van der Waals surface area contributed by atoms with Crippen molar-refractivity contribution in [3.8, 4) is 0 Å². The molecule has 263 valence electrons. The van der Waals surface area contributed by atoms with Crippen LogP contribution in [0.15, 0.2) is 170 Å². The Morgan fingerprint density at radius 3 is 1.13 bits per heavy atom. The van der Waals surface area contributed by atoms with Gasteiger partial charge in [-0.25, -0.2) is 0 Å². The molecular weight excluding hydrogens is 839 g/mol. The van der Waals surface area contributed by atoms with Crippen LogP contribution in [0.4, 0.5) is 56.9 Å².